The highest BCUT2D eigenvalue weighted by Crippen LogP contribution is 2.49. The first kappa shape index (κ1) is 23.2. The minimum Gasteiger partial charge on any atom is -0.357 e. The number of rotatable bonds is 7. The van der Waals surface area contributed by atoms with Crippen LogP contribution in [0.5, 0.6) is 0 Å². The van der Waals surface area contributed by atoms with Gasteiger partial charge in [-0.2, -0.15) is 0 Å². The molecule has 0 spiro atoms. The first-order valence-corrected chi connectivity index (χ1v) is 10.9. The summed E-state index contributed by atoms with van der Waals surface area (Å²) >= 11 is 0. The molecule has 0 radical (unpaired) electrons. The quantitative estimate of drug-likeness (QED) is 0.324. The molecule has 1 aromatic rings. The normalized spacial score (nSPS) is 21.0. The number of carbonyl (C=O) groups excluding carboxylic acids is 1. The maximum atomic E-state index is 14.3. The number of nitrogens with one attached hydrogen (secondary N) is 2. The molecule has 8 heteroatoms. The van der Waals surface area contributed by atoms with Crippen molar-refractivity contribution < 1.29 is 9.18 Å². The van der Waals surface area contributed by atoms with E-state index in [9.17, 15) is 9.18 Å². The minimum absolute atomic E-state index is 0. The van der Waals surface area contributed by atoms with E-state index in [1.807, 2.05) is 12.1 Å². The maximum Gasteiger partial charge on any atom is 0.234 e. The van der Waals surface area contributed by atoms with Crippen molar-refractivity contribution in [3.8, 4) is 0 Å². The van der Waals surface area contributed by atoms with Gasteiger partial charge in [0.15, 0.2) is 5.96 Å². The van der Waals surface area contributed by atoms with E-state index in [0.29, 0.717) is 19.1 Å². The Kier molecular flexibility index (Phi) is 7.95. The van der Waals surface area contributed by atoms with Gasteiger partial charge in [-0.1, -0.05) is 18.2 Å². The van der Waals surface area contributed by atoms with Gasteiger partial charge in [0, 0.05) is 44.2 Å². The van der Waals surface area contributed by atoms with Crippen LogP contribution in [-0.4, -0.2) is 73.5 Å². The lowest BCUT2D eigenvalue weighted by molar-refractivity contribution is -0.122. The predicted octanol–water partition coefficient (Wildman–Crippen LogP) is 2.34. The number of nitrogens with zero attached hydrogens (tertiary/aromatic N) is 3. The molecule has 1 aliphatic heterocycles. The summed E-state index contributed by atoms with van der Waals surface area (Å²) in [5, 5.41) is 6.45. The fraction of sp³-hybridized carbons (Fsp3) is 0.636. The zero-order valence-corrected chi connectivity index (χ0v) is 20.0. The minimum atomic E-state index is -0.144. The summed E-state index contributed by atoms with van der Waals surface area (Å²) in [6, 6.07) is 7.51. The third-order valence-electron chi connectivity index (χ3n) is 6.15. The number of aliphatic imine (C=N–C) groups is 1. The summed E-state index contributed by atoms with van der Waals surface area (Å²) in [7, 11) is 0. The number of hydrogen-bond donors (Lipinski definition) is 2. The summed E-state index contributed by atoms with van der Waals surface area (Å²) in [6.45, 7) is 7.34. The molecular formula is C22H33FIN5O. The van der Waals surface area contributed by atoms with Crippen molar-refractivity contribution in [3.05, 3.63) is 35.6 Å². The molecule has 1 amide bonds. The van der Waals surface area contributed by atoms with E-state index in [1.54, 1.807) is 12.1 Å². The Morgan fingerprint density at radius 3 is 2.50 bits per heavy atom. The van der Waals surface area contributed by atoms with Crippen LogP contribution in [0.15, 0.2) is 29.3 Å². The van der Waals surface area contributed by atoms with Gasteiger partial charge in [0.1, 0.15) is 5.82 Å². The molecule has 166 valence electrons. The highest BCUT2D eigenvalue weighted by molar-refractivity contribution is 14.0. The monoisotopic (exact) mass is 529 g/mol. The van der Waals surface area contributed by atoms with Gasteiger partial charge in [-0.3, -0.25) is 14.7 Å². The lowest BCUT2D eigenvalue weighted by Gasteiger charge is -2.36. The van der Waals surface area contributed by atoms with Gasteiger partial charge in [-0.25, -0.2) is 4.39 Å². The lowest BCUT2D eigenvalue weighted by Crippen LogP contribution is -2.54. The third kappa shape index (κ3) is 5.84. The SMILES string of the molecule is CCNC(=NCC1(c2ccccc2F)CC1)N1CCN(CC(=O)NC2CC2)CC1.I. The van der Waals surface area contributed by atoms with Crippen LogP contribution in [-0.2, 0) is 10.2 Å². The molecule has 1 saturated heterocycles. The van der Waals surface area contributed by atoms with Gasteiger partial charge < -0.3 is 15.5 Å². The number of amides is 1. The Labute approximate surface area is 195 Å². The number of benzene rings is 1. The molecule has 1 aromatic carbocycles. The van der Waals surface area contributed by atoms with Crippen molar-refractivity contribution >= 4 is 35.8 Å². The standard InChI is InChI=1S/C22H32FN5O.HI/c1-2-24-21(25-16-22(9-10-22)18-5-3-4-6-19(18)23)28-13-11-27(12-14-28)15-20(29)26-17-7-8-17;/h3-6,17H,2,7-16H2,1H3,(H,24,25)(H,26,29);1H. The van der Waals surface area contributed by atoms with Crippen molar-refractivity contribution in [1.29, 1.82) is 0 Å². The van der Waals surface area contributed by atoms with E-state index >= 15 is 0 Å². The van der Waals surface area contributed by atoms with Crippen molar-refractivity contribution in [2.45, 2.75) is 44.1 Å². The zero-order chi connectivity index (χ0) is 20.3. The van der Waals surface area contributed by atoms with E-state index < -0.39 is 0 Å². The Hall–Kier alpha value is -1.42. The number of carbonyl (C=O) groups is 1. The molecule has 0 aromatic heterocycles. The summed E-state index contributed by atoms with van der Waals surface area (Å²) in [5.41, 5.74) is 0.653. The number of guanidine groups is 1. The maximum absolute atomic E-state index is 14.3. The summed E-state index contributed by atoms with van der Waals surface area (Å²) in [5.74, 6) is 0.919. The second kappa shape index (κ2) is 10.3. The lowest BCUT2D eigenvalue weighted by atomic mass is 9.95. The molecule has 2 aliphatic carbocycles. The van der Waals surface area contributed by atoms with E-state index in [1.165, 1.54) is 0 Å². The molecule has 30 heavy (non-hydrogen) atoms. The van der Waals surface area contributed by atoms with Crippen molar-refractivity contribution in [2.24, 2.45) is 4.99 Å². The molecule has 2 saturated carbocycles. The Balaban J connectivity index is 0.00000256. The van der Waals surface area contributed by atoms with Crippen LogP contribution in [0, 0.1) is 5.82 Å². The molecular weight excluding hydrogens is 496 g/mol. The van der Waals surface area contributed by atoms with Gasteiger partial charge >= 0.3 is 0 Å². The second-order valence-corrected chi connectivity index (χ2v) is 8.54. The number of halogens is 2. The van der Waals surface area contributed by atoms with Crippen molar-refractivity contribution in [1.82, 2.24) is 20.4 Å². The smallest absolute Gasteiger partial charge is 0.234 e. The summed E-state index contributed by atoms with van der Waals surface area (Å²) < 4.78 is 14.3. The number of hydrogen-bond acceptors (Lipinski definition) is 3. The van der Waals surface area contributed by atoms with Gasteiger partial charge in [0.25, 0.3) is 0 Å². The summed E-state index contributed by atoms with van der Waals surface area (Å²) in [4.78, 5) is 21.4. The average Bonchev–Trinajstić information content (AvgIpc) is 3.63. The first-order valence-electron chi connectivity index (χ1n) is 10.9. The molecule has 3 aliphatic rings. The third-order valence-corrected chi connectivity index (χ3v) is 6.15. The predicted molar refractivity (Wildman–Crippen MR) is 128 cm³/mol. The molecule has 4 rings (SSSR count). The molecule has 1 heterocycles. The zero-order valence-electron chi connectivity index (χ0n) is 17.7. The highest BCUT2D eigenvalue weighted by atomic mass is 127. The fourth-order valence-electron chi connectivity index (χ4n) is 4.03. The van der Waals surface area contributed by atoms with Crippen LogP contribution in [0.1, 0.15) is 38.2 Å². The Bertz CT molecular complexity index is 758. The van der Waals surface area contributed by atoms with Gasteiger partial charge in [-0.15, -0.1) is 24.0 Å². The van der Waals surface area contributed by atoms with E-state index in [2.05, 4.69) is 27.4 Å². The van der Waals surface area contributed by atoms with Crippen LogP contribution in [0.25, 0.3) is 0 Å². The Morgan fingerprint density at radius 1 is 1.20 bits per heavy atom. The topological polar surface area (TPSA) is 60.0 Å². The number of piperazine rings is 1. The van der Waals surface area contributed by atoms with Crippen LogP contribution >= 0.6 is 24.0 Å². The molecule has 0 bridgehead atoms. The molecule has 2 N–H and O–H groups in total. The van der Waals surface area contributed by atoms with Crippen LogP contribution in [0.3, 0.4) is 0 Å². The second-order valence-electron chi connectivity index (χ2n) is 8.54. The average molecular weight is 529 g/mol. The van der Waals surface area contributed by atoms with E-state index in [-0.39, 0.29) is 41.1 Å². The first-order chi connectivity index (χ1) is 14.1. The van der Waals surface area contributed by atoms with Crippen LogP contribution in [0.2, 0.25) is 0 Å². The van der Waals surface area contributed by atoms with Gasteiger partial charge in [0.2, 0.25) is 5.91 Å². The van der Waals surface area contributed by atoms with Crippen molar-refractivity contribution in [2.75, 3.05) is 45.8 Å². The summed E-state index contributed by atoms with van der Waals surface area (Å²) in [6.07, 6.45) is 4.22. The van der Waals surface area contributed by atoms with E-state index in [4.69, 9.17) is 4.99 Å². The molecule has 6 nitrogen and oxygen atoms in total. The van der Waals surface area contributed by atoms with Crippen LogP contribution < -0.4 is 10.6 Å². The molecule has 0 unspecified atom stereocenters. The molecule has 0 atom stereocenters. The van der Waals surface area contributed by atoms with E-state index in [0.717, 1.165) is 69.9 Å². The fourth-order valence-corrected chi connectivity index (χ4v) is 4.03. The highest BCUT2D eigenvalue weighted by Gasteiger charge is 2.46. The van der Waals surface area contributed by atoms with Gasteiger partial charge in [-0.05, 0) is 44.2 Å². The van der Waals surface area contributed by atoms with Gasteiger partial charge in [0.05, 0.1) is 13.1 Å². The van der Waals surface area contributed by atoms with Crippen LogP contribution in [0.4, 0.5) is 4.39 Å². The molecule has 3 fully saturated rings. The Morgan fingerprint density at radius 2 is 1.90 bits per heavy atom. The van der Waals surface area contributed by atoms with Crippen molar-refractivity contribution in [3.63, 3.8) is 0 Å². The largest absolute Gasteiger partial charge is 0.357 e.